The second-order valence-corrected chi connectivity index (χ2v) is 3.48. The van der Waals surface area contributed by atoms with Crippen LogP contribution in [0.15, 0.2) is 0 Å². The van der Waals surface area contributed by atoms with Gasteiger partial charge in [-0.3, -0.25) is 14.4 Å². The third kappa shape index (κ3) is 5.68. The van der Waals surface area contributed by atoms with Crippen molar-refractivity contribution < 1.29 is 24.3 Å². The number of hydrogen-bond donors (Lipinski definition) is 3. The van der Waals surface area contributed by atoms with E-state index in [1.807, 2.05) is 0 Å². The maximum Gasteiger partial charge on any atom is 0.323 e. The van der Waals surface area contributed by atoms with Crippen LogP contribution in [0.5, 0.6) is 0 Å². The number of carboxylic acid groups (broad SMARTS) is 1. The number of urea groups is 1. The summed E-state index contributed by atoms with van der Waals surface area (Å²) in [7, 11) is 0. The highest BCUT2D eigenvalue weighted by molar-refractivity contribution is 5.88. The average molecular weight is 260 g/mol. The van der Waals surface area contributed by atoms with Crippen LogP contribution in [-0.2, 0) is 14.4 Å². The lowest BCUT2D eigenvalue weighted by Gasteiger charge is -2.27. The van der Waals surface area contributed by atoms with Gasteiger partial charge >= 0.3 is 12.0 Å². The summed E-state index contributed by atoms with van der Waals surface area (Å²) in [5.41, 5.74) is 9.86. The average Bonchev–Trinajstić information content (AvgIpc) is 2.22. The molecule has 0 heterocycles. The minimum absolute atomic E-state index is 0.110. The van der Waals surface area contributed by atoms with E-state index in [0.29, 0.717) is 0 Å². The molecule has 0 aliphatic carbocycles. The summed E-state index contributed by atoms with van der Waals surface area (Å²) < 4.78 is 0. The van der Waals surface area contributed by atoms with Crippen molar-refractivity contribution in [1.29, 1.82) is 0 Å². The zero-order valence-corrected chi connectivity index (χ0v) is 9.96. The molecule has 102 valence electrons. The standard InChI is InChI=1S/C9H16N4O5/c1-2-12(5-8(16)17)9(18)13(3-6(10)14)4-7(11)15/h2-5H2,1H3,(H2,10,14)(H2,11,15)(H,16,17). The lowest BCUT2D eigenvalue weighted by Crippen LogP contribution is -2.50. The molecular formula is C9H16N4O5. The van der Waals surface area contributed by atoms with Crippen molar-refractivity contribution in [3.63, 3.8) is 0 Å². The minimum atomic E-state index is -1.21. The fourth-order valence-corrected chi connectivity index (χ4v) is 1.25. The second kappa shape index (κ2) is 7.09. The van der Waals surface area contributed by atoms with Crippen molar-refractivity contribution in [2.75, 3.05) is 26.2 Å². The molecule has 9 heteroatoms. The Hall–Kier alpha value is -2.32. The molecule has 0 bridgehead atoms. The van der Waals surface area contributed by atoms with E-state index < -0.39 is 43.4 Å². The van der Waals surface area contributed by atoms with Gasteiger partial charge in [0.05, 0.1) is 0 Å². The van der Waals surface area contributed by atoms with Crippen molar-refractivity contribution in [1.82, 2.24) is 9.80 Å². The molecule has 0 fully saturated rings. The number of nitrogens with two attached hydrogens (primary N) is 2. The van der Waals surface area contributed by atoms with E-state index in [0.717, 1.165) is 9.80 Å². The van der Waals surface area contributed by atoms with Gasteiger partial charge in [-0.2, -0.15) is 0 Å². The maximum atomic E-state index is 11.9. The molecule has 4 amide bonds. The molecule has 9 nitrogen and oxygen atoms in total. The highest BCUT2D eigenvalue weighted by Gasteiger charge is 2.24. The minimum Gasteiger partial charge on any atom is -0.480 e. The van der Waals surface area contributed by atoms with E-state index in [9.17, 15) is 19.2 Å². The summed E-state index contributed by atoms with van der Waals surface area (Å²) in [4.78, 5) is 45.7. The predicted molar refractivity (Wildman–Crippen MR) is 60.2 cm³/mol. The van der Waals surface area contributed by atoms with E-state index in [2.05, 4.69) is 0 Å². The Kier molecular flexibility index (Phi) is 6.18. The molecule has 0 radical (unpaired) electrons. The first-order valence-electron chi connectivity index (χ1n) is 5.10. The van der Waals surface area contributed by atoms with Gasteiger partial charge in [-0.1, -0.05) is 0 Å². The SMILES string of the molecule is CCN(CC(=O)O)C(=O)N(CC(N)=O)CC(N)=O. The Morgan fingerprint density at radius 2 is 1.39 bits per heavy atom. The number of primary amides is 2. The van der Waals surface area contributed by atoms with E-state index >= 15 is 0 Å². The molecule has 0 aromatic rings. The summed E-state index contributed by atoms with van der Waals surface area (Å²) in [6, 6.07) is -0.780. The molecule has 0 aromatic carbocycles. The van der Waals surface area contributed by atoms with Gasteiger partial charge in [-0.25, -0.2) is 4.79 Å². The fraction of sp³-hybridized carbons (Fsp3) is 0.556. The van der Waals surface area contributed by atoms with Crippen LogP contribution in [0.1, 0.15) is 6.92 Å². The number of carbonyl (C=O) groups excluding carboxylic acids is 3. The second-order valence-electron chi connectivity index (χ2n) is 3.48. The van der Waals surface area contributed by atoms with Crippen LogP contribution in [0.25, 0.3) is 0 Å². The van der Waals surface area contributed by atoms with E-state index in [1.54, 1.807) is 6.92 Å². The molecule has 18 heavy (non-hydrogen) atoms. The summed E-state index contributed by atoms with van der Waals surface area (Å²) in [6.07, 6.45) is 0. The molecule has 0 rings (SSSR count). The Bertz CT molecular complexity index is 341. The number of amides is 4. The lowest BCUT2D eigenvalue weighted by atomic mass is 10.4. The van der Waals surface area contributed by atoms with Crippen LogP contribution < -0.4 is 11.5 Å². The Balaban J connectivity index is 4.84. The molecule has 0 atom stereocenters. The fourth-order valence-electron chi connectivity index (χ4n) is 1.25. The van der Waals surface area contributed by atoms with Gasteiger partial charge in [0.1, 0.15) is 19.6 Å². The summed E-state index contributed by atoms with van der Waals surface area (Å²) in [5, 5.41) is 8.61. The van der Waals surface area contributed by atoms with Gasteiger partial charge in [0.2, 0.25) is 11.8 Å². The highest BCUT2D eigenvalue weighted by Crippen LogP contribution is 1.99. The number of carbonyl (C=O) groups is 4. The first-order chi connectivity index (χ1) is 8.27. The molecule has 0 saturated carbocycles. The van der Waals surface area contributed by atoms with Gasteiger partial charge in [-0.15, -0.1) is 0 Å². The van der Waals surface area contributed by atoms with Crippen molar-refractivity contribution in [2.45, 2.75) is 6.92 Å². The number of nitrogens with zero attached hydrogens (tertiary/aromatic N) is 2. The van der Waals surface area contributed by atoms with Crippen molar-refractivity contribution in [3.05, 3.63) is 0 Å². The molecule has 5 N–H and O–H groups in total. The number of hydrogen-bond acceptors (Lipinski definition) is 4. The van der Waals surface area contributed by atoms with E-state index in [-0.39, 0.29) is 6.54 Å². The third-order valence-electron chi connectivity index (χ3n) is 1.94. The quantitative estimate of drug-likeness (QED) is 0.474. The first kappa shape index (κ1) is 15.7. The molecule has 0 spiro atoms. The van der Waals surface area contributed by atoms with Gasteiger partial charge < -0.3 is 26.4 Å². The topological polar surface area (TPSA) is 147 Å². The van der Waals surface area contributed by atoms with Crippen molar-refractivity contribution >= 4 is 23.8 Å². The molecule has 0 unspecified atom stereocenters. The van der Waals surface area contributed by atoms with Crippen LogP contribution in [0, 0.1) is 0 Å². The Morgan fingerprint density at radius 1 is 0.944 bits per heavy atom. The van der Waals surface area contributed by atoms with Crippen LogP contribution in [0.4, 0.5) is 4.79 Å². The molecular weight excluding hydrogens is 244 g/mol. The molecule has 0 aliphatic rings. The smallest absolute Gasteiger partial charge is 0.323 e. The van der Waals surface area contributed by atoms with Crippen LogP contribution >= 0.6 is 0 Å². The van der Waals surface area contributed by atoms with Gasteiger partial charge in [0, 0.05) is 6.54 Å². The van der Waals surface area contributed by atoms with E-state index in [4.69, 9.17) is 16.6 Å². The largest absolute Gasteiger partial charge is 0.480 e. The number of rotatable bonds is 7. The zero-order chi connectivity index (χ0) is 14.3. The van der Waals surface area contributed by atoms with Crippen molar-refractivity contribution in [3.8, 4) is 0 Å². The Morgan fingerprint density at radius 3 is 1.67 bits per heavy atom. The summed E-state index contributed by atoms with van der Waals surface area (Å²) >= 11 is 0. The van der Waals surface area contributed by atoms with Gasteiger partial charge in [0.25, 0.3) is 0 Å². The first-order valence-corrected chi connectivity index (χ1v) is 5.10. The normalized spacial score (nSPS) is 9.61. The van der Waals surface area contributed by atoms with Crippen LogP contribution in [0.2, 0.25) is 0 Å². The molecule has 0 saturated heterocycles. The third-order valence-corrected chi connectivity index (χ3v) is 1.94. The highest BCUT2D eigenvalue weighted by atomic mass is 16.4. The molecule has 0 aromatic heterocycles. The summed E-state index contributed by atoms with van der Waals surface area (Å²) in [6.45, 7) is 0.131. The van der Waals surface area contributed by atoms with E-state index in [1.165, 1.54) is 0 Å². The maximum absolute atomic E-state index is 11.9. The van der Waals surface area contributed by atoms with Crippen LogP contribution in [0.3, 0.4) is 0 Å². The Labute approximate surface area is 103 Å². The number of carboxylic acids is 1. The monoisotopic (exact) mass is 260 g/mol. The number of likely N-dealkylation sites (N-methyl/N-ethyl adjacent to an activating group) is 1. The van der Waals surface area contributed by atoms with Gasteiger partial charge in [0.15, 0.2) is 0 Å². The van der Waals surface area contributed by atoms with Crippen molar-refractivity contribution in [2.24, 2.45) is 11.5 Å². The number of aliphatic carboxylic acids is 1. The molecule has 0 aliphatic heterocycles. The predicted octanol–water partition coefficient (Wildman–Crippen LogP) is -2.21. The summed E-state index contributed by atoms with van der Waals surface area (Å²) in [5.74, 6) is -2.85. The lowest BCUT2D eigenvalue weighted by molar-refractivity contribution is -0.137. The van der Waals surface area contributed by atoms with Gasteiger partial charge in [-0.05, 0) is 6.92 Å². The van der Waals surface area contributed by atoms with Crippen LogP contribution in [-0.4, -0.2) is 64.9 Å². The zero-order valence-electron chi connectivity index (χ0n) is 9.96.